The lowest BCUT2D eigenvalue weighted by Crippen LogP contribution is -2.19. The summed E-state index contributed by atoms with van der Waals surface area (Å²) in [6, 6.07) is 3.49. The largest absolute Gasteiger partial charge is 0.380 e. The summed E-state index contributed by atoms with van der Waals surface area (Å²) in [5.41, 5.74) is 1.37. The summed E-state index contributed by atoms with van der Waals surface area (Å²) in [4.78, 5) is 15.1. The SMILES string of the molecule is CNC(=O)c1ccc(COC)cn1. The monoisotopic (exact) mass is 180 g/mol. The molecule has 0 bridgehead atoms. The molecular weight excluding hydrogens is 168 g/mol. The van der Waals surface area contributed by atoms with Crippen LogP contribution in [-0.4, -0.2) is 25.0 Å². The average molecular weight is 180 g/mol. The summed E-state index contributed by atoms with van der Waals surface area (Å²) < 4.78 is 4.91. The molecule has 1 rings (SSSR count). The smallest absolute Gasteiger partial charge is 0.269 e. The Morgan fingerprint density at radius 2 is 2.38 bits per heavy atom. The van der Waals surface area contributed by atoms with E-state index in [2.05, 4.69) is 10.3 Å². The first kappa shape index (κ1) is 9.67. The maximum absolute atomic E-state index is 11.1. The first-order valence-electron chi connectivity index (χ1n) is 3.94. The molecule has 0 atom stereocenters. The van der Waals surface area contributed by atoms with E-state index in [9.17, 15) is 4.79 Å². The molecule has 0 spiro atoms. The van der Waals surface area contributed by atoms with Crippen LogP contribution in [0.25, 0.3) is 0 Å². The van der Waals surface area contributed by atoms with Gasteiger partial charge in [0.2, 0.25) is 0 Å². The minimum absolute atomic E-state index is 0.177. The number of pyridine rings is 1. The van der Waals surface area contributed by atoms with Crippen LogP contribution < -0.4 is 5.32 Å². The fourth-order valence-corrected chi connectivity index (χ4v) is 0.939. The second-order valence-corrected chi connectivity index (χ2v) is 2.56. The number of ether oxygens (including phenoxy) is 1. The van der Waals surface area contributed by atoms with Crippen LogP contribution in [0.15, 0.2) is 18.3 Å². The van der Waals surface area contributed by atoms with Gasteiger partial charge in [-0.2, -0.15) is 0 Å². The Kier molecular flexibility index (Phi) is 3.40. The lowest BCUT2D eigenvalue weighted by molar-refractivity contribution is 0.0958. The third kappa shape index (κ3) is 2.52. The summed E-state index contributed by atoms with van der Waals surface area (Å²) in [5.74, 6) is -0.177. The van der Waals surface area contributed by atoms with Crippen molar-refractivity contribution in [3.05, 3.63) is 29.6 Å². The number of nitrogens with zero attached hydrogens (tertiary/aromatic N) is 1. The minimum atomic E-state index is -0.177. The zero-order chi connectivity index (χ0) is 9.68. The summed E-state index contributed by atoms with van der Waals surface area (Å²) in [7, 11) is 3.19. The molecule has 1 amide bonds. The lowest BCUT2D eigenvalue weighted by Gasteiger charge is -2.00. The van der Waals surface area contributed by atoms with E-state index in [1.165, 1.54) is 0 Å². The second kappa shape index (κ2) is 4.57. The van der Waals surface area contributed by atoms with Crippen LogP contribution in [-0.2, 0) is 11.3 Å². The van der Waals surface area contributed by atoms with Crippen LogP contribution in [0.3, 0.4) is 0 Å². The van der Waals surface area contributed by atoms with Gasteiger partial charge in [0.1, 0.15) is 5.69 Å². The van der Waals surface area contributed by atoms with Gasteiger partial charge in [-0.25, -0.2) is 0 Å². The van der Waals surface area contributed by atoms with Gasteiger partial charge < -0.3 is 10.1 Å². The van der Waals surface area contributed by atoms with Gasteiger partial charge in [0.05, 0.1) is 6.61 Å². The Balaban J connectivity index is 2.75. The first-order valence-corrected chi connectivity index (χ1v) is 3.94. The third-order valence-electron chi connectivity index (χ3n) is 1.60. The van der Waals surface area contributed by atoms with E-state index in [-0.39, 0.29) is 5.91 Å². The van der Waals surface area contributed by atoms with E-state index in [1.54, 1.807) is 26.4 Å². The van der Waals surface area contributed by atoms with Gasteiger partial charge in [-0.05, 0) is 11.6 Å². The van der Waals surface area contributed by atoms with E-state index >= 15 is 0 Å². The highest BCUT2D eigenvalue weighted by atomic mass is 16.5. The number of aromatic nitrogens is 1. The van der Waals surface area contributed by atoms with E-state index in [1.807, 2.05) is 6.07 Å². The molecule has 4 heteroatoms. The molecule has 0 radical (unpaired) electrons. The van der Waals surface area contributed by atoms with E-state index in [0.29, 0.717) is 12.3 Å². The molecule has 0 unspecified atom stereocenters. The van der Waals surface area contributed by atoms with E-state index in [0.717, 1.165) is 5.56 Å². The molecule has 0 aromatic carbocycles. The summed E-state index contributed by atoms with van der Waals surface area (Å²) in [6.07, 6.45) is 1.63. The van der Waals surface area contributed by atoms with Crippen molar-refractivity contribution < 1.29 is 9.53 Å². The third-order valence-corrected chi connectivity index (χ3v) is 1.60. The van der Waals surface area contributed by atoms with Gasteiger partial charge in [0, 0.05) is 20.4 Å². The Morgan fingerprint density at radius 1 is 1.62 bits per heavy atom. The van der Waals surface area contributed by atoms with E-state index in [4.69, 9.17) is 4.74 Å². The zero-order valence-corrected chi connectivity index (χ0v) is 7.70. The topological polar surface area (TPSA) is 51.2 Å². The molecule has 0 aliphatic carbocycles. The highest BCUT2D eigenvalue weighted by Crippen LogP contribution is 2.01. The predicted octanol–water partition coefficient (Wildman–Crippen LogP) is 0.588. The van der Waals surface area contributed by atoms with Gasteiger partial charge in [0.15, 0.2) is 0 Å². The van der Waals surface area contributed by atoms with Crippen molar-refractivity contribution in [3.8, 4) is 0 Å². The van der Waals surface area contributed by atoms with Gasteiger partial charge in [-0.3, -0.25) is 9.78 Å². The van der Waals surface area contributed by atoms with Crippen LogP contribution >= 0.6 is 0 Å². The van der Waals surface area contributed by atoms with Crippen molar-refractivity contribution in [1.82, 2.24) is 10.3 Å². The van der Waals surface area contributed by atoms with Gasteiger partial charge >= 0.3 is 0 Å². The van der Waals surface area contributed by atoms with Crippen molar-refractivity contribution in [2.45, 2.75) is 6.61 Å². The Morgan fingerprint density at radius 3 is 2.85 bits per heavy atom. The molecule has 1 heterocycles. The highest BCUT2D eigenvalue weighted by Gasteiger charge is 2.03. The maximum Gasteiger partial charge on any atom is 0.269 e. The Labute approximate surface area is 76.9 Å². The Hall–Kier alpha value is -1.42. The van der Waals surface area contributed by atoms with Crippen LogP contribution in [0.5, 0.6) is 0 Å². The Bertz CT molecular complexity index is 282. The van der Waals surface area contributed by atoms with Crippen molar-refractivity contribution >= 4 is 5.91 Å². The van der Waals surface area contributed by atoms with Crippen LogP contribution in [0, 0.1) is 0 Å². The molecule has 1 aromatic heterocycles. The van der Waals surface area contributed by atoms with Gasteiger partial charge in [-0.1, -0.05) is 6.07 Å². The molecule has 13 heavy (non-hydrogen) atoms. The summed E-state index contributed by atoms with van der Waals surface area (Å²) in [6.45, 7) is 0.515. The number of amides is 1. The number of hydrogen-bond acceptors (Lipinski definition) is 3. The first-order chi connectivity index (χ1) is 6.27. The molecule has 0 saturated carbocycles. The normalized spacial score (nSPS) is 9.69. The molecule has 4 nitrogen and oxygen atoms in total. The lowest BCUT2D eigenvalue weighted by atomic mass is 10.2. The molecule has 0 aliphatic rings. The molecule has 0 saturated heterocycles. The number of carbonyl (C=O) groups excluding carboxylic acids is 1. The molecule has 0 aliphatic heterocycles. The van der Waals surface area contributed by atoms with Crippen molar-refractivity contribution in [2.24, 2.45) is 0 Å². The van der Waals surface area contributed by atoms with Crippen LogP contribution in [0.4, 0.5) is 0 Å². The highest BCUT2D eigenvalue weighted by molar-refractivity contribution is 5.91. The summed E-state index contributed by atoms with van der Waals surface area (Å²) in [5, 5.41) is 2.50. The molecule has 70 valence electrons. The molecule has 1 aromatic rings. The quantitative estimate of drug-likeness (QED) is 0.740. The summed E-state index contributed by atoms with van der Waals surface area (Å²) >= 11 is 0. The molecular formula is C9H12N2O2. The number of rotatable bonds is 3. The molecule has 1 N–H and O–H groups in total. The number of carbonyl (C=O) groups is 1. The van der Waals surface area contributed by atoms with Crippen molar-refractivity contribution in [1.29, 1.82) is 0 Å². The van der Waals surface area contributed by atoms with Crippen LogP contribution in [0.2, 0.25) is 0 Å². The maximum atomic E-state index is 11.1. The van der Waals surface area contributed by atoms with E-state index < -0.39 is 0 Å². The van der Waals surface area contributed by atoms with Gasteiger partial charge in [0.25, 0.3) is 5.91 Å². The number of hydrogen-bond donors (Lipinski definition) is 1. The number of nitrogens with one attached hydrogen (secondary N) is 1. The van der Waals surface area contributed by atoms with Crippen LogP contribution in [0.1, 0.15) is 16.1 Å². The minimum Gasteiger partial charge on any atom is -0.380 e. The van der Waals surface area contributed by atoms with Crippen molar-refractivity contribution in [2.75, 3.05) is 14.2 Å². The van der Waals surface area contributed by atoms with Crippen molar-refractivity contribution in [3.63, 3.8) is 0 Å². The molecule has 0 fully saturated rings. The predicted molar refractivity (Wildman–Crippen MR) is 48.3 cm³/mol. The average Bonchev–Trinajstić information content (AvgIpc) is 2.18. The fraction of sp³-hybridized carbons (Fsp3) is 0.333. The number of methoxy groups -OCH3 is 1. The van der Waals surface area contributed by atoms with Gasteiger partial charge in [-0.15, -0.1) is 0 Å². The standard InChI is InChI=1S/C9H12N2O2/c1-10-9(12)8-4-3-7(5-11-8)6-13-2/h3-5H,6H2,1-2H3,(H,10,12). The zero-order valence-electron chi connectivity index (χ0n) is 7.70. The second-order valence-electron chi connectivity index (χ2n) is 2.56. The fourth-order valence-electron chi connectivity index (χ4n) is 0.939.